The van der Waals surface area contributed by atoms with Crippen LogP contribution >= 0.6 is 0 Å². The lowest BCUT2D eigenvalue weighted by Crippen LogP contribution is -1.75. The predicted molar refractivity (Wildman–Crippen MR) is 38.4 cm³/mol. The minimum atomic E-state index is 0.433. The molecule has 2 heterocycles. The van der Waals surface area contributed by atoms with Gasteiger partial charge in [-0.1, -0.05) is 0 Å². The van der Waals surface area contributed by atoms with E-state index in [9.17, 15) is 0 Å². The van der Waals surface area contributed by atoms with Crippen LogP contribution in [0.2, 0.25) is 0 Å². The topological polar surface area (TPSA) is 52.0 Å². The molecule has 0 aliphatic carbocycles. The van der Waals surface area contributed by atoms with Crippen LogP contribution in [0.1, 0.15) is 0 Å². The summed E-state index contributed by atoms with van der Waals surface area (Å²) in [5.41, 5.74) is 6.18. The van der Waals surface area contributed by atoms with E-state index in [4.69, 9.17) is 10.2 Å². The third-order valence-corrected chi connectivity index (χ3v) is 1.34. The van der Waals surface area contributed by atoms with Gasteiger partial charge < -0.3 is 10.2 Å². The average molecular weight is 134 g/mol. The number of fused-ring (bicyclic) bond motifs is 1. The molecule has 0 atom stereocenters. The van der Waals surface area contributed by atoms with Gasteiger partial charge in [-0.25, -0.2) is 0 Å². The lowest BCUT2D eigenvalue weighted by molar-refractivity contribution is 0.637. The fourth-order valence-corrected chi connectivity index (χ4v) is 0.905. The van der Waals surface area contributed by atoms with E-state index in [0.29, 0.717) is 5.88 Å². The number of anilines is 1. The summed E-state index contributed by atoms with van der Waals surface area (Å²) in [6.45, 7) is 0. The van der Waals surface area contributed by atoms with Gasteiger partial charge in [-0.3, -0.25) is 4.98 Å². The molecule has 0 spiro atoms. The van der Waals surface area contributed by atoms with Crippen molar-refractivity contribution in [1.29, 1.82) is 0 Å². The molecule has 2 N–H and O–H groups in total. The maximum atomic E-state index is 5.40. The minimum absolute atomic E-state index is 0.433. The van der Waals surface area contributed by atoms with E-state index in [-0.39, 0.29) is 0 Å². The molecule has 0 aromatic carbocycles. The van der Waals surface area contributed by atoms with Crippen molar-refractivity contribution < 1.29 is 4.42 Å². The average Bonchev–Trinajstić information content (AvgIpc) is 2.27. The Hall–Kier alpha value is -1.51. The molecule has 2 aromatic rings. The Kier molecular flexibility index (Phi) is 0.917. The fourth-order valence-electron chi connectivity index (χ4n) is 0.905. The SMILES string of the molecule is Nc1cc2cnccc2o1. The molecule has 10 heavy (non-hydrogen) atoms. The van der Waals surface area contributed by atoms with E-state index in [1.165, 1.54) is 0 Å². The van der Waals surface area contributed by atoms with Gasteiger partial charge >= 0.3 is 0 Å². The van der Waals surface area contributed by atoms with Gasteiger partial charge in [-0.2, -0.15) is 0 Å². The zero-order chi connectivity index (χ0) is 6.97. The van der Waals surface area contributed by atoms with Crippen molar-refractivity contribution in [2.75, 3.05) is 5.73 Å². The maximum absolute atomic E-state index is 5.40. The highest BCUT2D eigenvalue weighted by atomic mass is 16.3. The monoisotopic (exact) mass is 134 g/mol. The lowest BCUT2D eigenvalue weighted by atomic mass is 10.3. The van der Waals surface area contributed by atoms with E-state index in [0.717, 1.165) is 11.0 Å². The molecule has 0 bridgehead atoms. The van der Waals surface area contributed by atoms with Gasteiger partial charge in [0.25, 0.3) is 0 Å². The van der Waals surface area contributed by atoms with Crippen molar-refractivity contribution >= 4 is 16.9 Å². The van der Waals surface area contributed by atoms with E-state index in [1.54, 1.807) is 24.5 Å². The van der Waals surface area contributed by atoms with Crippen molar-refractivity contribution in [3.05, 3.63) is 24.5 Å². The summed E-state index contributed by atoms with van der Waals surface area (Å²) in [7, 11) is 0. The molecule has 2 aromatic heterocycles. The highest BCUT2D eigenvalue weighted by molar-refractivity contribution is 5.78. The summed E-state index contributed by atoms with van der Waals surface area (Å²) in [4.78, 5) is 3.91. The van der Waals surface area contributed by atoms with E-state index < -0.39 is 0 Å². The van der Waals surface area contributed by atoms with Gasteiger partial charge in [-0.05, 0) is 6.07 Å². The summed E-state index contributed by atoms with van der Waals surface area (Å²) in [6, 6.07) is 3.54. The Morgan fingerprint density at radius 1 is 1.50 bits per heavy atom. The quantitative estimate of drug-likeness (QED) is 0.592. The Bertz CT molecular complexity index is 320. The number of nitrogens with two attached hydrogens (primary N) is 1. The fraction of sp³-hybridized carbons (Fsp3) is 0. The van der Waals surface area contributed by atoms with Crippen LogP contribution in [0.3, 0.4) is 0 Å². The Morgan fingerprint density at radius 2 is 2.40 bits per heavy atom. The summed E-state index contributed by atoms with van der Waals surface area (Å²) in [5, 5.41) is 0.944. The standard InChI is InChI=1S/C7H6N2O/c8-7-3-5-4-9-2-1-6(5)10-7/h1-4H,8H2. The molecule has 0 amide bonds. The molecule has 3 heteroatoms. The number of furan rings is 1. The first-order chi connectivity index (χ1) is 4.86. The van der Waals surface area contributed by atoms with Crippen LogP contribution in [0.4, 0.5) is 5.88 Å². The second kappa shape index (κ2) is 1.73. The third kappa shape index (κ3) is 0.639. The zero-order valence-electron chi connectivity index (χ0n) is 5.24. The van der Waals surface area contributed by atoms with Crippen molar-refractivity contribution in [3.8, 4) is 0 Å². The van der Waals surface area contributed by atoms with Crippen LogP contribution in [0.25, 0.3) is 11.0 Å². The number of rotatable bonds is 0. The summed E-state index contributed by atoms with van der Waals surface area (Å²) in [6.07, 6.45) is 3.39. The van der Waals surface area contributed by atoms with Crippen molar-refractivity contribution in [2.24, 2.45) is 0 Å². The smallest absolute Gasteiger partial charge is 0.191 e. The second-order valence-corrected chi connectivity index (χ2v) is 2.06. The maximum Gasteiger partial charge on any atom is 0.191 e. The van der Waals surface area contributed by atoms with Crippen LogP contribution < -0.4 is 5.73 Å². The van der Waals surface area contributed by atoms with Gasteiger partial charge in [0.15, 0.2) is 5.88 Å². The Morgan fingerprint density at radius 3 is 3.20 bits per heavy atom. The van der Waals surface area contributed by atoms with Crippen LogP contribution in [0.5, 0.6) is 0 Å². The molecule has 0 saturated carbocycles. The van der Waals surface area contributed by atoms with E-state index in [1.807, 2.05) is 0 Å². The molecule has 3 nitrogen and oxygen atoms in total. The zero-order valence-corrected chi connectivity index (χ0v) is 5.24. The van der Waals surface area contributed by atoms with Crippen molar-refractivity contribution in [3.63, 3.8) is 0 Å². The Balaban J connectivity index is 2.88. The van der Waals surface area contributed by atoms with Crippen LogP contribution in [-0.4, -0.2) is 4.98 Å². The van der Waals surface area contributed by atoms with Gasteiger partial charge in [0.1, 0.15) is 5.58 Å². The number of nitrogens with zero attached hydrogens (tertiary/aromatic N) is 1. The predicted octanol–water partition coefficient (Wildman–Crippen LogP) is 1.41. The summed E-state index contributed by atoms with van der Waals surface area (Å²) < 4.78 is 5.11. The summed E-state index contributed by atoms with van der Waals surface area (Å²) >= 11 is 0. The molecular formula is C7H6N2O. The molecule has 0 radical (unpaired) electrons. The first kappa shape index (κ1) is 5.29. The highest BCUT2D eigenvalue weighted by Crippen LogP contribution is 2.18. The molecule has 0 fully saturated rings. The number of nitrogen functional groups attached to an aromatic ring is 1. The minimum Gasteiger partial charge on any atom is -0.441 e. The number of hydrogen-bond donors (Lipinski definition) is 1. The van der Waals surface area contributed by atoms with Gasteiger partial charge in [0.2, 0.25) is 0 Å². The van der Waals surface area contributed by atoms with Crippen LogP contribution in [0.15, 0.2) is 28.9 Å². The first-order valence-electron chi connectivity index (χ1n) is 2.95. The third-order valence-electron chi connectivity index (χ3n) is 1.34. The van der Waals surface area contributed by atoms with Gasteiger partial charge in [0, 0.05) is 23.8 Å². The second-order valence-electron chi connectivity index (χ2n) is 2.06. The molecule has 0 aliphatic rings. The van der Waals surface area contributed by atoms with Crippen molar-refractivity contribution in [1.82, 2.24) is 4.98 Å². The molecule has 2 rings (SSSR count). The first-order valence-corrected chi connectivity index (χ1v) is 2.95. The summed E-state index contributed by atoms with van der Waals surface area (Å²) in [5.74, 6) is 0.433. The number of hydrogen-bond acceptors (Lipinski definition) is 3. The van der Waals surface area contributed by atoms with Crippen molar-refractivity contribution in [2.45, 2.75) is 0 Å². The molecule has 50 valence electrons. The molecule has 0 aliphatic heterocycles. The van der Waals surface area contributed by atoms with E-state index in [2.05, 4.69) is 4.98 Å². The largest absolute Gasteiger partial charge is 0.441 e. The number of aromatic nitrogens is 1. The van der Waals surface area contributed by atoms with Crippen LogP contribution in [-0.2, 0) is 0 Å². The molecule has 0 saturated heterocycles. The van der Waals surface area contributed by atoms with Gasteiger partial charge in [-0.15, -0.1) is 0 Å². The lowest BCUT2D eigenvalue weighted by Gasteiger charge is -1.81. The highest BCUT2D eigenvalue weighted by Gasteiger charge is 1.96. The molecule has 0 unspecified atom stereocenters. The molecular weight excluding hydrogens is 128 g/mol. The van der Waals surface area contributed by atoms with Crippen LogP contribution in [0, 0.1) is 0 Å². The normalized spacial score (nSPS) is 10.4. The van der Waals surface area contributed by atoms with Gasteiger partial charge in [0.05, 0.1) is 0 Å². The Labute approximate surface area is 57.5 Å². The van der Waals surface area contributed by atoms with E-state index >= 15 is 0 Å². The number of pyridine rings is 1.